The first-order valence-corrected chi connectivity index (χ1v) is 10.2. The maximum Gasteiger partial charge on any atom is 0.251 e. The molecule has 0 saturated carbocycles. The largest absolute Gasteiger partial charge is 0.457 e. The van der Waals surface area contributed by atoms with Crippen LogP contribution in [0.25, 0.3) is 0 Å². The Kier molecular flexibility index (Phi) is 7.43. The summed E-state index contributed by atoms with van der Waals surface area (Å²) in [5.41, 5.74) is 6.24. The molecule has 0 bridgehead atoms. The highest BCUT2D eigenvalue weighted by molar-refractivity contribution is 5.94. The number of nitrogens with two attached hydrogens (primary N) is 1. The number of hydrogen-bond acceptors (Lipinski definition) is 5. The molecule has 0 aliphatic carbocycles. The van der Waals surface area contributed by atoms with Gasteiger partial charge in [-0.2, -0.15) is 0 Å². The molecule has 30 heavy (non-hydrogen) atoms. The van der Waals surface area contributed by atoms with E-state index in [9.17, 15) is 9.59 Å². The SMILES string of the molecule is CC(C)C(CNC(=O)c1ccc(Oc2ccc(C(N)=O)cc2)cc1)N1CCOCC1. The lowest BCUT2D eigenvalue weighted by atomic mass is 10.0. The summed E-state index contributed by atoms with van der Waals surface area (Å²) in [7, 11) is 0. The minimum Gasteiger partial charge on any atom is -0.457 e. The zero-order chi connectivity index (χ0) is 21.5. The van der Waals surface area contributed by atoms with Gasteiger partial charge in [0.2, 0.25) is 5.91 Å². The van der Waals surface area contributed by atoms with Crippen molar-refractivity contribution in [2.75, 3.05) is 32.8 Å². The first-order chi connectivity index (χ1) is 14.4. The summed E-state index contributed by atoms with van der Waals surface area (Å²) in [6, 6.07) is 13.8. The van der Waals surface area contributed by atoms with Crippen LogP contribution in [-0.2, 0) is 4.74 Å². The number of primary amides is 1. The first-order valence-electron chi connectivity index (χ1n) is 10.2. The van der Waals surface area contributed by atoms with Crippen LogP contribution in [0.4, 0.5) is 0 Å². The normalized spacial score (nSPS) is 15.6. The van der Waals surface area contributed by atoms with E-state index in [1.54, 1.807) is 48.5 Å². The molecule has 3 rings (SSSR count). The molecule has 3 N–H and O–H groups in total. The van der Waals surface area contributed by atoms with Crippen LogP contribution in [0.5, 0.6) is 11.5 Å². The van der Waals surface area contributed by atoms with E-state index in [-0.39, 0.29) is 11.9 Å². The van der Waals surface area contributed by atoms with Gasteiger partial charge in [0.1, 0.15) is 11.5 Å². The van der Waals surface area contributed by atoms with Crippen LogP contribution in [0.15, 0.2) is 48.5 Å². The zero-order valence-corrected chi connectivity index (χ0v) is 17.5. The number of carbonyl (C=O) groups excluding carboxylic acids is 2. The smallest absolute Gasteiger partial charge is 0.251 e. The van der Waals surface area contributed by atoms with Crippen molar-refractivity contribution in [1.29, 1.82) is 0 Å². The molecule has 1 atom stereocenters. The van der Waals surface area contributed by atoms with Crippen molar-refractivity contribution < 1.29 is 19.1 Å². The fraction of sp³-hybridized carbons (Fsp3) is 0.391. The lowest BCUT2D eigenvalue weighted by Crippen LogP contribution is -2.51. The molecule has 1 unspecified atom stereocenters. The molecule has 1 aliphatic heterocycles. The maximum atomic E-state index is 12.6. The Hall–Kier alpha value is -2.90. The molecule has 2 aromatic carbocycles. The Morgan fingerprint density at radius 1 is 1.00 bits per heavy atom. The molecule has 0 radical (unpaired) electrons. The Balaban J connectivity index is 1.55. The summed E-state index contributed by atoms with van der Waals surface area (Å²) >= 11 is 0. The Labute approximate surface area is 177 Å². The quantitative estimate of drug-likeness (QED) is 0.697. The minimum absolute atomic E-state index is 0.105. The average Bonchev–Trinajstić information content (AvgIpc) is 2.75. The average molecular weight is 412 g/mol. The third-order valence-corrected chi connectivity index (χ3v) is 5.25. The lowest BCUT2D eigenvalue weighted by molar-refractivity contribution is 0.00672. The van der Waals surface area contributed by atoms with Crippen LogP contribution in [0.2, 0.25) is 0 Å². The van der Waals surface area contributed by atoms with Crippen LogP contribution in [-0.4, -0.2) is 55.6 Å². The molecule has 7 heteroatoms. The second kappa shape index (κ2) is 10.2. The van der Waals surface area contributed by atoms with E-state index in [0.29, 0.717) is 35.1 Å². The molecular weight excluding hydrogens is 382 g/mol. The van der Waals surface area contributed by atoms with E-state index < -0.39 is 5.91 Å². The summed E-state index contributed by atoms with van der Waals surface area (Å²) < 4.78 is 11.2. The summed E-state index contributed by atoms with van der Waals surface area (Å²) in [6.07, 6.45) is 0. The predicted molar refractivity (Wildman–Crippen MR) is 115 cm³/mol. The Morgan fingerprint density at radius 3 is 2.03 bits per heavy atom. The van der Waals surface area contributed by atoms with Crippen LogP contribution < -0.4 is 15.8 Å². The third kappa shape index (κ3) is 5.81. The Bertz CT molecular complexity index is 844. The monoisotopic (exact) mass is 411 g/mol. The topological polar surface area (TPSA) is 93.9 Å². The third-order valence-electron chi connectivity index (χ3n) is 5.25. The predicted octanol–water partition coefficient (Wildman–Crippen LogP) is 2.66. The number of nitrogens with zero attached hydrogens (tertiary/aromatic N) is 1. The number of hydrogen-bond donors (Lipinski definition) is 2. The minimum atomic E-state index is -0.481. The van der Waals surface area contributed by atoms with Gasteiger partial charge >= 0.3 is 0 Å². The maximum absolute atomic E-state index is 12.6. The molecule has 2 amide bonds. The number of ether oxygens (including phenoxy) is 2. The summed E-state index contributed by atoms with van der Waals surface area (Å²) in [6.45, 7) is 8.22. The number of carbonyl (C=O) groups is 2. The van der Waals surface area contributed by atoms with E-state index in [2.05, 4.69) is 24.1 Å². The molecule has 7 nitrogen and oxygen atoms in total. The summed E-state index contributed by atoms with van der Waals surface area (Å²) in [5.74, 6) is 1.03. The van der Waals surface area contributed by atoms with Gasteiger partial charge in [0.25, 0.3) is 5.91 Å². The number of rotatable bonds is 8. The highest BCUT2D eigenvalue weighted by Crippen LogP contribution is 2.22. The van der Waals surface area contributed by atoms with Crippen molar-refractivity contribution in [1.82, 2.24) is 10.2 Å². The van der Waals surface area contributed by atoms with Crippen LogP contribution in [0, 0.1) is 5.92 Å². The molecule has 0 spiro atoms. The molecule has 0 aromatic heterocycles. The summed E-state index contributed by atoms with van der Waals surface area (Å²) in [5, 5.41) is 3.06. The standard InChI is InChI=1S/C23H29N3O4/c1-16(2)21(26-11-13-29-14-12-26)15-25-23(28)18-5-9-20(10-6-18)30-19-7-3-17(4-8-19)22(24)27/h3-10,16,21H,11-15H2,1-2H3,(H2,24,27)(H,25,28). The molecule has 160 valence electrons. The fourth-order valence-electron chi connectivity index (χ4n) is 3.49. The second-order valence-corrected chi connectivity index (χ2v) is 7.68. The zero-order valence-electron chi connectivity index (χ0n) is 17.5. The number of benzene rings is 2. The van der Waals surface area contributed by atoms with Gasteiger partial charge in [0, 0.05) is 36.8 Å². The number of morpholine rings is 1. The molecule has 1 heterocycles. The van der Waals surface area contributed by atoms with Crippen molar-refractivity contribution in [3.05, 3.63) is 59.7 Å². The lowest BCUT2D eigenvalue weighted by Gasteiger charge is -2.36. The van der Waals surface area contributed by atoms with Gasteiger partial charge in [0.05, 0.1) is 13.2 Å². The van der Waals surface area contributed by atoms with Gasteiger partial charge in [-0.25, -0.2) is 0 Å². The van der Waals surface area contributed by atoms with E-state index in [0.717, 1.165) is 26.3 Å². The van der Waals surface area contributed by atoms with Crippen molar-refractivity contribution >= 4 is 11.8 Å². The van der Waals surface area contributed by atoms with Gasteiger partial charge in [-0.15, -0.1) is 0 Å². The van der Waals surface area contributed by atoms with Gasteiger partial charge in [-0.05, 0) is 54.4 Å². The Morgan fingerprint density at radius 2 is 1.53 bits per heavy atom. The van der Waals surface area contributed by atoms with E-state index in [1.165, 1.54) is 0 Å². The van der Waals surface area contributed by atoms with Crippen molar-refractivity contribution in [3.63, 3.8) is 0 Å². The molecular formula is C23H29N3O4. The van der Waals surface area contributed by atoms with Gasteiger partial charge in [-0.3, -0.25) is 14.5 Å². The summed E-state index contributed by atoms with van der Waals surface area (Å²) in [4.78, 5) is 26.1. The second-order valence-electron chi connectivity index (χ2n) is 7.68. The van der Waals surface area contributed by atoms with E-state index in [4.69, 9.17) is 15.2 Å². The first kappa shape index (κ1) is 21.8. The van der Waals surface area contributed by atoms with Crippen molar-refractivity contribution in [2.45, 2.75) is 19.9 Å². The molecule has 1 aliphatic rings. The fourth-order valence-corrected chi connectivity index (χ4v) is 3.49. The number of amides is 2. The highest BCUT2D eigenvalue weighted by atomic mass is 16.5. The van der Waals surface area contributed by atoms with Crippen LogP contribution in [0.3, 0.4) is 0 Å². The van der Waals surface area contributed by atoms with E-state index in [1.807, 2.05) is 0 Å². The number of nitrogens with one attached hydrogen (secondary N) is 1. The van der Waals surface area contributed by atoms with E-state index >= 15 is 0 Å². The van der Waals surface area contributed by atoms with Gasteiger partial charge in [0.15, 0.2) is 0 Å². The van der Waals surface area contributed by atoms with Crippen LogP contribution >= 0.6 is 0 Å². The van der Waals surface area contributed by atoms with Gasteiger partial charge in [-0.1, -0.05) is 13.8 Å². The highest BCUT2D eigenvalue weighted by Gasteiger charge is 2.24. The van der Waals surface area contributed by atoms with Gasteiger partial charge < -0.3 is 20.5 Å². The van der Waals surface area contributed by atoms with Crippen LogP contribution in [0.1, 0.15) is 34.6 Å². The van der Waals surface area contributed by atoms with Crippen molar-refractivity contribution in [2.24, 2.45) is 11.7 Å². The molecule has 2 aromatic rings. The van der Waals surface area contributed by atoms with Crippen molar-refractivity contribution in [3.8, 4) is 11.5 Å². The molecule has 1 fully saturated rings. The molecule has 1 saturated heterocycles.